The van der Waals surface area contributed by atoms with Crippen LogP contribution in [0.15, 0.2) is 35.3 Å². The molecule has 0 bridgehead atoms. The number of morpholine rings is 1. The summed E-state index contributed by atoms with van der Waals surface area (Å²) >= 11 is 12.5. The molecule has 3 rings (SSSR count). The molecule has 0 aliphatic carbocycles. The summed E-state index contributed by atoms with van der Waals surface area (Å²) in [5, 5.41) is 5.06. The van der Waals surface area contributed by atoms with Crippen LogP contribution >= 0.6 is 23.2 Å². The normalized spacial score (nSPS) is 21.1. The molecule has 0 radical (unpaired) electrons. The fourth-order valence-electron chi connectivity index (χ4n) is 2.95. The van der Waals surface area contributed by atoms with E-state index in [4.69, 9.17) is 27.9 Å². The van der Waals surface area contributed by atoms with Crippen LogP contribution in [0, 0.1) is 0 Å². The lowest BCUT2D eigenvalue weighted by Gasteiger charge is -2.36. The maximum Gasteiger partial charge on any atom is 0.287 e. The molecule has 0 amide bonds. The summed E-state index contributed by atoms with van der Waals surface area (Å²) in [7, 11) is 0. The van der Waals surface area contributed by atoms with E-state index < -0.39 is 0 Å². The Balaban J connectivity index is 1.89. The van der Waals surface area contributed by atoms with Gasteiger partial charge in [-0.3, -0.25) is 4.79 Å². The van der Waals surface area contributed by atoms with Crippen LogP contribution in [-0.4, -0.2) is 35.1 Å². The predicted molar refractivity (Wildman–Crippen MR) is 96.3 cm³/mol. The molecule has 1 aliphatic heterocycles. The van der Waals surface area contributed by atoms with Crippen molar-refractivity contribution >= 4 is 28.9 Å². The molecule has 1 aromatic heterocycles. The number of hydrogen-bond donors (Lipinski definition) is 0. The fraction of sp³-hybridized carbons (Fsp3) is 0.412. The zero-order chi connectivity index (χ0) is 17.3. The van der Waals surface area contributed by atoms with E-state index in [9.17, 15) is 4.79 Å². The second-order valence-electron chi connectivity index (χ2n) is 6.06. The quantitative estimate of drug-likeness (QED) is 0.835. The molecule has 7 heteroatoms. The van der Waals surface area contributed by atoms with E-state index >= 15 is 0 Å². The number of aromatic nitrogens is 2. The van der Waals surface area contributed by atoms with Gasteiger partial charge in [0.25, 0.3) is 5.56 Å². The molecule has 0 unspecified atom stereocenters. The van der Waals surface area contributed by atoms with E-state index in [0.29, 0.717) is 23.8 Å². The minimum Gasteiger partial charge on any atom is -0.372 e. The minimum absolute atomic E-state index is 0.0790. The molecule has 0 saturated carbocycles. The van der Waals surface area contributed by atoms with Gasteiger partial charge >= 0.3 is 0 Å². The average molecular weight is 368 g/mol. The molecule has 1 fully saturated rings. The zero-order valence-corrected chi connectivity index (χ0v) is 15.1. The summed E-state index contributed by atoms with van der Waals surface area (Å²) < 4.78 is 7.05. The minimum atomic E-state index is -0.319. The molecule has 24 heavy (non-hydrogen) atoms. The standard InChI is InChI=1S/C17H19Cl2N3O2/c1-11-8-21(9-12(2)24-11)15-7-20-22(17(23)16(15)19)10-13-5-3-4-6-14(13)18/h3-7,11-12H,8-10H2,1-2H3/t11-,12-/m0/s1. The number of hydrogen-bond acceptors (Lipinski definition) is 4. The SMILES string of the molecule is C[C@H]1CN(c2cnn(Cc3ccccc3Cl)c(=O)c2Cl)C[C@H](C)O1. The molecule has 0 N–H and O–H groups in total. The summed E-state index contributed by atoms with van der Waals surface area (Å²) in [6.07, 6.45) is 1.80. The van der Waals surface area contributed by atoms with Crippen LogP contribution in [-0.2, 0) is 11.3 Å². The van der Waals surface area contributed by atoms with Crippen molar-refractivity contribution in [2.45, 2.75) is 32.6 Å². The molecule has 5 nitrogen and oxygen atoms in total. The summed E-state index contributed by atoms with van der Waals surface area (Å²) in [6, 6.07) is 7.37. The Morgan fingerprint density at radius 3 is 2.54 bits per heavy atom. The van der Waals surface area contributed by atoms with Crippen LogP contribution in [0.5, 0.6) is 0 Å². The van der Waals surface area contributed by atoms with Crippen molar-refractivity contribution in [2.24, 2.45) is 0 Å². The van der Waals surface area contributed by atoms with Crippen molar-refractivity contribution < 1.29 is 4.74 Å². The van der Waals surface area contributed by atoms with E-state index in [1.807, 2.05) is 32.0 Å². The van der Waals surface area contributed by atoms with Crippen LogP contribution in [0.25, 0.3) is 0 Å². The third-order valence-corrected chi connectivity index (χ3v) is 4.73. The van der Waals surface area contributed by atoms with E-state index in [1.54, 1.807) is 12.3 Å². The Morgan fingerprint density at radius 2 is 1.88 bits per heavy atom. The molecule has 128 valence electrons. The smallest absolute Gasteiger partial charge is 0.287 e. The predicted octanol–water partition coefficient (Wildman–Crippen LogP) is 3.21. The second-order valence-corrected chi connectivity index (χ2v) is 6.85. The van der Waals surface area contributed by atoms with Crippen LogP contribution in [0.2, 0.25) is 10.0 Å². The summed E-state index contributed by atoms with van der Waals surface area (Å²) in [5.74, 6) is 0. The Labute approximate surface area is 150 Å². The zero-order valence-electron chi connectivity index (χ0n) is 13.6. The Bertz CT molecular complexity index is 784. The number of rotatable bonds is 3. The van der Waals surface area contributed by atoms with Gasteiger partial charge in [-0.2, -0.15) is 5.10 Å². The molecular formula is C17H19Cl2N3O2. The summed E-state index contributed by atoms with van der Waals surface area (Å²) in [4.78, 5) is 14.6. The highest BCUT2D eigenvalue weighted by atomic mass is 35.5. The highest BCUT2D eigenvalue weighted by molar-refractivity contribution is 6.33. The molecule has 2 aromatic rings. The lowest BCUT2D eigenvalue weighted by molar-refractivity contribution is -0.00524. The average Bonchev–Trinajstić information content (AvgIpc) is 2.53. The number of anilines is 1. The van der Waals surface area contributed by atoms with Crippen molar-refractivity contribution in [3.05, 3.63) is 56.4 Å². The van der Waals surface area contributed by atoms with Gasteiger partial charge in [-0.15, -0.1) is 0 Å². The maximum atomic E-state index is 12.6. The monoisotopic (exact) mass is 367 g/mol. The van der Waals surface area contributed by atoms with E-state index in [-0.39, 0.29) is 29.3 Å². The first-order valence-corrected chi connectivity index (χ1v) is 8.60. The highest BCUT2D eigenvalue weighted by Gasteiger charge is 2.25. The van der Waals surface area contributed by atoms with Crippen LogP contribution in [0.3, 0.4) is 0 Å². The van der Waals surface area contributed by atoms with Gasteiger partial charge in [0.1, 0.15) is 5.02 Å². The summed E-state index contributed by atoms with van der Waals surface area (Å²) in [5.41, 5.74) is 1.16. The molecule has 2 atom stereocenters. The van der Waals surface area contributed by atoms with Crippen molar-refractivity contribution in [3.8, 4) is 0 Å². The summed E-state index contributed by atoms with van der Waals surface area (Å²) in [6.45, 7) is 5.65. The van der Waals surface area contributed by atoms with Gasteiger partial charge in [0.2, 0.25) is 0 Å². The Morgan fingerprint density at radius 1 is 1.21 bits per heavy atom. The van der Waals surface area contributed by atoms with E-state index in [2.05, 4.69) is 10.00 Å². The van der Waals surface area contributed by atoms with E-state index in [1.165, 1.54) is 4.68 Å². The Kier molecular flexibility index (Phi) is 5.13. The topological polar surface area (TPSA) is 47.4 Å². The molecule has 2 heterocycles. The highest BCUT2D eigenvalue weighted by Crippen LogP contribution is 2.25. The molecule has 1 aliphatic rings. The number of ether oxygens (including phenoxy) is 1. The van der Waals surface area contributed by atoms with Gasteiger partial charge in [0.15, 0.2) is 0 Å². The number of nitrogens with zero attached hydrogens (tertiary/aromatic N) is 3. The lowest BCUT2D eigenvalue weighted by Crippen LogP contribution is -2.46. The number of halogens is 2. The first-order valence-electron chi connectivity index (χ1n) is 7.85. The van der Waals surface area contributed by atoms with Crippen molar-refractivity contribution in [1.29, 1.82) is 0 Å². The molecular weight excluding hydrogens is 349 g/mol. The van der Waals surface area contributed by atoms with Gasteiger partial charge in [-0.25, -0.2) is 4.68 Å². The maximum absolute atomic E-state index is 12.6. The second kappa shape index (κ2) is 7.13. The van der Waals surface area contributed by atoms with Gasteiger partial charge in [-0.1, -0.05) is 41.4 Å². The molecule has 0 spiro atoms. The van der Waals surface area contributed by atoms with Gasteiger partial charge in [0.05, 0.1) is 30.6 Å². The number of benzene rings is 1. The van der Waals surface area contributed by atoms with Crippen LogP contribution in [0.1, 0.15) is 19.4 Å². The third kappa shape index (κ3) is 3.58. The van der Waals surface area contributed by atoms with E-state index in [0.717, 1.165) is 5.56 Å². The van der Waals surface area contributed by atoms with Crippen molar-refractivity contribution in [1.82, 2.24) is 9.78 Å². The molecule has 1 saturated heterocycles. The van der Waals surface area contributed by atoms with Crippen molar-refractivity contribution in [3.63, 3.8) is 0 Å². The molecule has 1 aromatic carbocycles. The largest absolute Gasteiger partial charge is 0.372 e. The Hall–Kier alpha value is -1.56. The third-order valence-electron chi connectivity index (χ3n) is 4.00. The van der Waals surface area contributed by atoms with Crippen molar-refractivity contribution in [2.75, 3.05) is 18.0 Å². The van der Waals surface area contributed by atoms with Crippen LogP contribution < -0.4 is 10.5 Å². The first-order chi connectivity index (χ1) is 11.5. The van der Waals surface area contributed by atoms with Gasteiger partial charge in [-0.05, 0) is 25.5 Å². The first kappa shape index (κ1) is 17.3. The fourth-order valence-corrected chi connectivity index (χ4v) is 3.41. The van der Waals surface area contributed by atoms with Gasteiger partial charge in [0, 0.05) is 18.1 Å². The lowest BCUT2D eigenvalue weighted by atomic mass is 10.2. The van der Waals surface area contributed by atoms with Crippen LogP contribution in [0.4, 0.5) is 5.69 Å². The van der Waals surface area contributed by atoms with Gasteiger partial charge < -0.3 is 9.64 Å².